The number of amides is 2. The molecule has 0 atom stereocenters. The Hall–Kier alpha value is -0.665. The molecule has 3 N–H and O–H groups in total. The van der Waals surface area contributed by atoms with Gasteiger partial charge in [-0.3, -0.25) is 4.79 Å². The van der Waals surface area contributed by atoms with Crippen LogP contribution in [0.5, 0.6) is 0 Å². The number of urea groups is 1. The summed E-state index contributed by atoms with van der Waals surface area (Å²) in [7, 11) is 0.606. The third-order valence-electron chi connectivity index (χ3n) is 0.351. The smallest absolute Gasteiger partial charge is 0.299 e. The van der Waals surface area contributed by atoms with Crippen LogP contribution in [-0.4, -0.2) is 13.4 Å². The van der Waals surface area contributed by atoms with Crippen LogP contribution in [-0.2, 0) is 0 Å². The van der Waals surface area contributed by atoms with Crippen LogP contribution in [0.4, 0.5) is 4.79 Å². The van der Waals surface area contributed by atoms with Crippen LogP contribution < -0.4 is 11.0 Å². The Morgan fingerprint density at radius 1 is 2.00 bits per heavy atom. The van der Waals surface area contributed by atoms with E-state index >= 15 is 0 Å². The molecule has 0 aromatic heterocycles. The number of hydrogen-bond donors (Lipinski definition) is 2. The van der Waals surface area contributed by atoms with E-state index in [1.807, 2.05) is 6.82 Å². The quantitative estimate of drug-likeness (QED) is 0.397. The minimum absolute atomic E-state index is 0.461. The molecule has 0 fully saturated rings. The van der Waals surface area contributed by atoms with Gasteiger partial charge in [-0.05, 0) is 0 Å². The second kappa shape index (κ2) is 2.57. The fraction of sp³-hybridized carbons (Fsp3) is 0.500. The van der Waals surface area contributed by atoms with Gasteiger partial charge in [-0.25, -0.2) is 0 Å². The maximum Gasteiger partial charge on any atom is 0.299 e. The van der Waals surface area contributed by atoms with Gasteiger partial charge in [-0.15, -0.1) is 0 Å². The standard InChI is InChI=1S/C2H7BN2O/c1-3-5-2(4)6/h3H,1H3,(H3,4,5,6). The summed E-state index contributed by atoms with van der Waals surface area (Å²) in [5.74, 6) is 0. The van der Waals surface area contributed by atoms with Crippen LogP contribution >= 0.6 is 0 Å². The highest BCUT2D eigenvalue weighted by molar-refractivity contribution is 6.34. The summed E-state index contributed by atoms with van der Waals surface area (Å²) in [6, 6.07) is -0.461. The largest absolute Gasteiger partial charge is 0.386 e. The van der Waals surface area contributed by atoms with Crippen molar-refractivity contribution in [1.29, 1.82) is 0 Å². The van der Waals surface area contributed by atoms with Crippen LogP contribution in [0.2, 0.25) is 6.82 Å². The monoisotopic (exact) mass is 86.1 g/mol. The van der Waals surface area contributed by atoms with Crippen LogP contribution in [0.15, 0.2) is 0 Å². The van der Waals surface area contributed by atoms with Gasteiger partial charge in [0.05, 0.1) is 0 Å². The lowest BCUT2D eigenvalue weighted by Gasteiger charge is -1.87. The lowest BCUT2D eigenvalue weighted by molar-refractivity contribution is 0.253. The Morgan fingerprint density at radius 3 is 2.50 bits per heavy atom. The first-order chi connectivity index (χ1) is 2.77. The minimum Gasteiger partial charge on any atom is -0.386 e. The maximum atomic E-state index is 9.71. The first-order valence-electron chi connectivity index (χ1n) is 1.80. The summed E-state index contributed by atoms with van der Waals surface area (Å²) >= 11 is 0. The Balaban J connectivity index is 2.83. The molecule has 4 heteroatoms. The number of nitrogens with two attached hydrogens (primary N) is 1. The Bertz CT molecular complexity index is 55.5. The van der Waals surface area contributed by atoms with Crippen molar-refractivity contribution >= 4 is 13.4 Å². The van der Waals surface area contributed by atoms with Gasteiger partial charge in [0.25, 0.3) is 6.03 Å². The van der Waals surface area contributed by atoms with Crippen molar-refractivity contribution in [3.05, 3.63) is 0 Å². The third-order valence-corrected chi connectivity index (χ3v) is 0.351. The molecule has 0 spiro atoms. The Labute approximate surface area is 37.2 Å². The number of carbonyl (C=O) groups excluding carboxylic acids is 1. The van der Waals surface area contributed by atoms with Gasteiger partial charge < -0.3 is 11.0 Å². The van der Waals surface area contributed by atoms with Gasteiger partial charge in [-0.2, -0.15) is 0 Å². The van der Waals surface area contributed by atoms with E-state index in [0.717, 1.165) is 0 Å². The number of primary amides is 1. The highest BCUT2D eigenvalue weighted by Crippen LogP contribution is 1.46. The number of nitrogens with one attached hydrogen (secondary N) is 1. The summed E-state index contributed by atoms with van der Waals surface area (Å²) < 4.78 is 0. The van der Waals surface area contributed by atoms with Gasteiger partial charge in [-0.1, -0.05) is 6.82 Å². The van der Waals surface area contributed by atoms with Crippen molar-refractivity contribution in [3.63, 3.8) is 0 Å². The second-order valence-electron chi connectivity index (χ2n) is 0.895. The van der Waals surface area contributed by atoms with E-state index in [2.05, 4.69) is 11.0 Å². The number of carbonyl (C=O) groups is 1. The molecule has 0 aliphatic rings. The molecule has 0 aliphatic carbocycles. The molecule has 0 aromatic carbocycles. The molecule has 0 unspecified atom stereocenters. The Kier molecular flexibility index (Phi) is 2.28. The zero-order chi connectivity index (χ0) is 4.99. The van der Waals surface area contributed by atoms with Gasteiger partial charge in [0.2, 0.25) is 7.41 Å². The summed E-state index contributed by atoms with van der Waals surface area (Å²) in [4.78, 5) is 9.71. The molecule has 3 nitrogen and oxygen atoms in total. The molecule has 0 aromatic rings. The van der Waals surface area contributed by atoms with Crippen molar-refractivity contribution in [3.8, 4) is 0 Å². The molecule has 0 saturated heterocycles. The molecule has 2 amide bonds. The van der Waals surface area contributed by atoms with E-state index in [-0.39, 0.29) is 0 Å². The van der Waals surface area contributed by atoms with Crippen LogP contribution in [0.1, 0.15) is 0 Å². The molecule has 34 valence electrons. The zero-order valence-electron chi connectivity index (χ0n) is 3.69. The number of hydrogen-bond acceptors (Lipinski definition) is 1. The highest BCUT2D eigenvalue weighted by atomic mass is 16.2. The summed E-state index contributed by atoms with van der Waals surface area (Å²) in [5, 5.41) is 2.35. The van der Waals surface area contributed by atoms with Gasteiger partial charge in [0.1, 0.15) is 0 Å². The molecule has 0 heterocycles. The van der Waals surface area contributed by atoms with Gasteiger partial charge >= 0.3 is 0 Å². The van der Waals surface area contributed by atoms with E-state index in [0.29, 0.717) is 7.41 Å². The summed E-state index contributed by atoms with van der Waals surface area (Å²) in [5.41, 5.74) is 4.65. The van der Waals surface area contributed by atoms with Gasteiger partial charge in [0.15, 0.2) is 0 Å². The molecular weight excluding hydrogens is 78.8 g/mol. The van der Waals surface area contributed by atoms with E-state index in [9.17, 15) is 4.79 Å². The molecule has 0 rings (SSSR count). The SMILES string of the molecule is CBNC(N)=O. The van der Waals surface area contributed by atoms with Gasteiger partial charge in [0, 0.05) is 0 Å². The maximum absolute atomic E-state index is 9.71. The molecule has 0 aliphatic heterocycles. The number of rotatable bonds is 1. The fourth-order valence-electron chi connectivity index (χ4n) is 0.174. The van der Waals surface area contributed by atoms with Crippen molar-refractivity contribution in [2.45, 2.75) is 6.82 Å². The van der Waals surface area contributed by atoms with Crippen LogP contribution in [0.3, 0.4) is 0 Å². The topological polar surface area (TPSA) is 55.1 Å². The molecule has 0 radical (unpaired) electrons. The van der Waals surface area contributed by atoms with E-state index < -0.39 is 6.03 Å². The average molecular weight is 85.9 g/mol. The van der Waals surface area contributed by atoms with E-state index in [1.54, 1.807) is 0 Å². The van der Waals surface area contributed by atoms with Crippen LogP contribution in [0, 0.1) is 0 Å². The van der Waals surface area contributed by atoms with Crippen molar-refractivity contribution in [1.82, 2.24) is 5.23 Å². The second-order valence-corrected chi connectivity index (χ2v) is 0.895. The highest BCUT2D eigenvalue weighted by Gasteiger charge is 1.81. The van der Waals surface area contributed by atoms with Crippen molar-refractivity contribution < 1.29 is 4.79 Å². The first kappa shape index (κ1) is 5.33. The van der Waals surface area contributed by atoms with Crippen molar-refractivity contribution in [2.75, 3.05) is 0 Å². The van der Waals surface area contributed by atoms with Crippen LogP contribution in [0.25, 0.3) is 0 Å². The van der Waals surface area contributed by atoms with Crippen molar-refractivity contribution in [2.24, 2.45) is 5.73 Å². The lowest BCUT2D eigenvalue weighted by Crippen LogP contribution is -2.30. The molecular formula is C2H7BN2O. The fourth-order valence-corrected chi connectivity index (χ4v) is 0.174. The normalized spacial score (nSPS) is 6.83. The predicted octanol–water partition coefficient (Wildman–Crippen LogP) is -0.946. The average Bonchev–Trinajstić information content (AvgIpc) is 1.35. The molecule has 0 saturated carbocycles. The predicted molar refractivity (Wildman–Crippen MR) is 25.7 cm³/mol. The summed E-state index contributed by atoms with van der Waals surface area (Å²) in [6.07, 6.45) is 0. The first-order valence-corrected chi connectivity index (χ1v) is 1.80. The summed E-state index contributed by atoms with van der Waals surface area (Å²) in [6.45, 7) is 1.81. The zero-order valence-corrected chi connectivity index (χ0v) is 3.69. The van der Waals surface area contributed by atoms with E-state index in [4.69, 9.17) is 0 Å². The minimum atomic E-state index is -0.461. The molecule has 6 heavy (non-hydrogen) atoms. The third kappa shape index (κ3) is 3.33. The van der Waals surface area contributed by atoms with E-state index in [1.165, 1.54) is 0 Å². The Morgan fingerprint density at radius 2 is 2.50 bits per heavy atom. The molecule has 0 bridgehead atoms. The lowest BCUT2D eigenvalue weighted by atomic mass is 10.0.